The van der Waals surface area contributed by atoms with Gasteiger partial charge in [-0.05, 0) is 92.2 Å². The highest BCUT2D eigenvalue weighted by Crippen LogP contribution is 2.63. The highest BCUT2D eigenvalue weighted by molar-refractivity contribution is 5.87. The first kappa shape index (κ1) is 38.4. The summed E-state index contributed by atoms with van der Waals surface area (Å²) in [5.41, 5.74) is 4.51. The zero-order valence-electron chi connectivity index (χ0n) is 32.9. The highest BCUT2D eigenvalue weighted by atomic mass is 16.5. The van der Waals surface area contributed by atoms with Gasteiger partial charge < -0.3 is 39.9 Å². The van der Waals surface area contributed by atoms with Crippen LogP contribution in [0.3, 0.4) is 0 Å². The summed E-state index contributed by atoms with van der Waals surface area (Å²) in [4.78, 5) is 72.1. The van der Waals surface area contributed by atoms with Crippen molar-refractivity contribution < 1.29 is 28.7 Å². The smallest absolute Gasteiger partial charge is 0.407 e. The summed E-state index contributed by atoms with van der Waals surface area (Å²) in [7, 11) is 2.61. The molecule has 55 heavy (non-hydrogen) atoms. The molecule has 2 aliphatic carbocycles. The van der Waals surface area contributed by atoms with Gasteiger partial charge in [0.05, 0.1) is 38.2 Å². The van der Waals surface area contributed by atoms with Gasteiger partial charge in [0, 0.05) is 30.4 Å². The van der Waals surface area contributed by atoms with Gasteiger partial charge in [-0.15, -0.1) is 0 Å². The molecule has 14 heteroatoms. The molecule has 4 atom stereocenters. The van der Waals surface area contributed by atoms with Gasteiger partial charge in [-0.25, -0.2) is 19.6 Å². The predicted octanol–water partition coefficient (Wildman–Crippen LogP) is 6.04. The van der Waals surface area contributed by atoms with E-state index in [1.807, 2.05) is 49.9 Å². The topological polar surface area (TPSA) is 175 Å². The second-order valence-electron chi connectivity index (χ2n) is 16.8. The molecule has 296 valence electrons. The van der Waals surface area contributed by atoms with E-state index in [0.29, 0.717) is 13.1 Å². The second kappa shape index (κ2) is 15.3. The van der Waals surface area contributed by atoms with Crippen LogP contribution in [0, 0.1) is 11.8 Å². The molecule has 2 saturated carbocycles. The monoisotopic (exact) mass is 756 g/mol. The Labute approximate surface area is 322 Å². The number of alkyl carbamates (subject to hydrolysis) is 2. The second-order valence-corrected chi connectivity index (χ2v) is 16.8. The van der Waals surface area contributed by atoms with Crippen molar-refractivity contribution in [3.8, 4) is 11.3 Å². The molecule has 0 unspecified atom stereocenters. The van der Waals surface area contributed by atoms with E-state index in [1.54, 1.807) is 0 Å². The molecule has 0 spiro atoms. The molecule has 4 aliphatic rings. The molecule has 7 rings (SSSR count). The van der Waals surface area contributed by atoms with Crippen LogP contribution in [-0.2, 0) is 29.9 Å². The molecule has 4 N–H and O–H groups in total. The Bertz CT molecular complexity index is 1890. The first-order valence-corrected chi connectivity index (χ1v) is 19.9. The van der Waals surface area contributed by atoms with E-state index in [0.717, 1.165) is 86.4 Å². The minimum atomic E-state index is -0.683. The number of amides is 4. The number of H-pyrrole nitrogens is 2. The number of methoxy groups -OCH3 is 2. The molecule has 14 nitrogen and oxygen atoms in total. The van der Waals surface area contributed by atoms with Crippen molar-refractivity contribution in [2.45, 2.75) is 120 Å². The van der Waals surface area contributed by atoms with Crippen LogP contribution in [0.25, 0.3) is 11.3 Å². The van der Waals surface area contributed by atoms with Gasteiger partial charge in [0.1, 0.15) is 23.7 Å². The van der Waals surface area contributed by atoms with E-state index >= 15 is 0 Å². The van der Waals surface area contributed by atoms with E-state index in [2.05, 4.69) is 44.9 Å². The minimum Gasteiger partial charge on any atom is -0.453 e. The maximum absolute atomic E-state index is 13.7. The van der Waals surface area contributed by atoms with Crippen LogP contribution >= 0.6 is 0 Å². The number of aromatic nitrogens is 4. The summed E-state index contributed by atoms with van der Waals surface area (Å²) in [5, 5.41) is 5.45. The Hall–Kier alpha value is -4.88. The fraction of sp³-hybridized carbons (Fsp3) is 0.610. The van der Waals surface area contributed by atoms with Gasteiger partial charge >= 0.3 is 12.2 Å². The average Bonchev–Trinajstić information content (AvgIpc) is 4.04. The van der Waals surface area contributed by atoms with Crippen molar-refractivity contribution in [2.24, 2.45) is 11.8 Å². The van der Waals surface area contributed by atoms with E-state index in [-0.39, 0.29) is 46.6 Å². The van der Waals surface area contributed by atoms with Gasteiger partial charge in [0.2, 0.25) is 11.8 Å². The molecule has 2 aromatic heterocycles. The molecule has 2 aliphatic heterocycles. The predicted molar refractivity (Wildman–Crippen MR) is 205 cm³/mol. The van der Waals surface area contributed by atoms with E-state index in [1.165, 1.54) is 19.8 Å². The number of hydrogen-bond donors (Lipinski definition) is 4. The molecular weight excluding hydrogens is 701 g/mol. The van der Waals surface area contributed by atoms with Crippen molar-refractivity contribution in [1.29, 1.82) is 0 Å². The van der Waals surface area contributed by atoms with Crippen LogP contribution < -0.4 is 10.6 Å². The molecule has 4 fully saturated rings. The van der Waals surface area contributed by atoms with Crippen LogP contribution in [0.2, 0.25) is 0 Å². The molecule has 2 bridgehead atoms. The number of carbonyl (C=O) groups excluding carboxylic acids is 4. The normalized spacial score (nSPS) is 25.7. The lowest BCUT2D eigenvalue weighted by atomic mass is 9.76. The molecule has 4 amide bonds. The first-order valence-electron chi connectivity index (χ1n) is 19.9. The Balaban J connectivity index is 1.05. The number of ether oxygens (including phenoxy) is 2. The summed E-state index contributed by atoms with van der Waals surface area (Å²) < 4.78 is 9.58. The summed E-state index contributed by atoms with van der Waals surface area (Å²) in [5.74, 6) is 1.15. The maximum atomic E-state index is 13.7. The Morgan fingerprint density at radius 3 is 1.84 bits per heavy atom. The lowest BCUT2D eigenvalue weighted by Gasteiger charge is -2.30. The number of hydrogen-bond acceptors (Lipinski definition) is 8. The van der Waals surface area contributed by atoms with E-state index in [9.17, 15) is 19.2 Å². The highest BCUT2D eigenvalue weighted by Gasteiger charge is 2.56. The fourth-order valence-corrected chi connectivity index (χ4v) is 9.79. The van der Waals surface area contributed by atoms with Crippen LogP contribution in [-0.4, -0.2) is 93.1 Å². The Morgan fingerprint density at radius 2 is 1.29 bits per heavy atom. The average molecular weight is 757 g/mol. The van der Waals surface area contributed by atoms with Gasteiger partial charge in [0.25, 0.3) is 0 Å². The largest absolute Gasteiger partial charge is 0.453 e. The number of aromatic amines is 2. The standard InChI is InChI=1S/C41H56N8O6/c1-24(2)32(46-38(52)54-5)36(50)48-18-8-12-29(48)34-42-21-28(44-34)26-10-7-11-27(20-26)40-14-16-41(23-40,17-15-40)31-22-43-35(45-31)30-13-9-19-49(30)37(51)33(25(3)4)47-39(53)55-6/h7,10-11,20-22,24-25,29-30,32-33H,8-9,12-19,23H2,1-6H3,(H,42,44)(H,43,45)(H,46,52)(H,47,53)/t29-,30-,32+,33-,40?,41?/m0/s1. The number of fused-ring (bicyclic) bond motifs is 2. The summed E-state index contributed by atoms with van der Waals surface area (Å²) >= 11 is 0. The number of imidazole rings is 2. The molecule has 2 saturated heterocycles. The molecule has 4 heterocycles. The summed E-state index contributed by atoms with van der Waals surface area (Å²) in [6.45, 7) is 8.90. The third-order valence-corrected chi connectivity index (χ3v) is 12.9. The number of carbonyl (C=O) groups is 4. The quantitative estimate of drug-likeness (QED) is 0.183. The van der Waals surface area contributed by atoms with Gasteiger partial charge in [-0.2, -0.15) is 0 Å². The van der Waals surface area contributed by atoms with Crippen molar-refractivity contribution >= 4 is 24.0 Å². The van der Waals surface area contributed by atoms with Crippen LogP contribution in [0.1, 0.15) is 120 Å². The van der Waals surface area contributed by atoms with Crippen molar-refractivity contribution in [2.75, 3.05) is 27.3 Å². The molecular formula is C41H56N8O6. The van der Waals surface area contributed by atoms with E-state index < -0.39 is 24.3 Å². The number of benzene rings is 1. The molecule has 1 aromatic carbocycles. The van der Waals surface area contributed by atoms with Gasteiger partial charge in [-0.3, -0.25) is 9.59 Å². The molecule has 3 aromatic rings. The minimum absolute atomic E-state index is 0.00218. The van der Waals surface area contributed by atoms with Gasteiger partial charge in [-0.1, -0.05) is 45.9 Å². The van der Waals surface area contributed by atoms with E-state index in [4.69, 9.17) is 19.4 Å². The SMILES string of the molecule is COC(=O)N[C@H](C(=O)N1CCC[C@H]1c1ncc(C23CCC(c4cccc(-c5cnc([C@@H]6CCCN6C(=O)[C@H](NC(=O)OC)C(C)C)[nH]5)c4)(CC2)C3)[nH]1)C(C)C. The maximum Gasteiger partial charge on any atom is 0.407 e. The van der Waals surface area contributed by atoms with Crippen LogP contribution in [0.4, 0.5) is 9.59 Å². The van der Waals surface area contributed by atoms with Crippen molar-refractivity contribution in [3.05, 3.63) is 59.6 Å². The number of nitrogens with zero attached hydrogens (tertiary/aromatic N) is 4. The summed E-state index contributed by atoms with van der Waals surface area (Å²) in [6.07, 6.45) is 11.3. The van der Waals surface area contributed by atoms with Crippen LogP contribution in [0.5, 0.6) is 0 Å². The lowest BCUT2D eigenvalue weighted by Crippen LogP contribution is -2.51. The number of rotatable bonds is 11. The first-order chi connectivity index (χ1) is 26.4. The number of likely N-dealkylation sites (tertiary alicyclic amines) is 2. The fourth-order valence-electron chi connectivity index (χ4n) is 9.79. The van der Waals surface area contributed by atoms with Crippen molar-refractivity contribution in [1.82, 2.24) is 40.4 Å². The zero-order valence-corrected chi connectivity index (χ0v) is 32.9. The number of nitrogens with one attached hydrogen (secondary N) is 4. The third kappa shape index (κ3) is 7.19. The third-order valence-electron chi connectivity index (χ3n) is 12.9. The Morgan fingerprint density at radius 1 is 0.764 bits per heavy atom. The van der Waals surface area contributed by atoms with Crippen LogP contribution in [0.15, 0.2) is 36.7 Å². The summed E-state index contributed by atoms with van der Waals surface area (Å²) in [6, 6.07) is 7.10. The lowest BCUT2D eigenvalue weighted by molar-refractivity contribution is -0.136. The molecule has 0 radical (unpaired) electrons. The zero-order chi connectivity index (χ0) is 39.1. The van der Waals surface area contributed by atoms with Gasteiger partial charge in [0.15, 0.2) is 0 Å². The Kier molecular flexibility index (Phi) is 10.7. The van der Waals surface area contributed by atoms with Crippen molar-refractivity contribution in [3.63, 3.8) is 0 Å².